The van der Waals surface area contributed by atoms with E-state index < -0.39 is 11.7 Å². The highest BCUT2D eigenvalue weighted by molar-refractivity contribution is 5.82. The van der Waals surface area contributed by atoms with E-state index in [0.717, 1.165) is 17.0 Å². The molecule has 0 N–H and O–H groups in total. The summed E-state index contributed by atoms with van der Waals surface area (Å²) in [5, 5.41) is 0.819. The van der Waals surface area contributed by atoms with Crippen molar-refractivity contribution >= 4 is 10.9 Å². The maximum Gasteiger partial charge on any atom is 0.416 e. The number of aryl methyl sites for hydroxylation is 1. The van der Waals surface area contributed by atoms with Crippen molar-refractivity contribution in [2.45, 2.75) is 19.0 Å². The van der Waals surface area contributed by atoms with Crippen molar-refractivity contribution in [2.24, 2.45) is 0 Å². The van der Waals surface area contributed by atoms with Gasteiger partial charge in [0.2, 0.25) is 5.88 Å². The molecule has 0 fully saturated rings. The van der Waals surface area contributed by atoms with Gasteiger partial charge in [0.15, 0.2) is 0 Å². The van der Waals surface area contributed by atoms with Gasteiger partial charge in [0.25, 0.3) is 0 Å². The van der Waals surface area contributed by atoms with E-state index in [0.29, 0.717) is 30.9 Å². The summed E-state index contributed by atoms with van der Waals surface area (Å²) in [5.74, 6) is 0.490. The zero-order chi connectivity index (χ0) is 17.0. The first kappa shape index (κ1) is 16.2. The molecule has 0 atom stereocenters. The van der Waals surface area contributed by atoms with Gasteiger partial charge < -0.3 is 4.74 Å². The molecule has 0 aliphatic heterocycles. The van der Waals surface area contributed by atoms with Crippen molar-refractivity contribution in [3.8, 4) is 5.88 Å². The molecule has 0 amide bonds. The minimum atomic E-state index is -4.31. The normalized spacial score (nSPS) is 11.6. The van der Waals surface area contributed by atoms with Crippen LogP contribution in [0.5, 0.6) is 5.88 Å². The van der Waals surface area contributed by atoms with Gasteiger partial charge >= 0.3 is 6.18 Å². The molecule has 0 aliphatic carbocycles. The Balaban J connectivity index is 1.59. The maximum atomic E-state index is 12.7. The van der Waals surface area contributed by atoms with Gasteiger partial charge in [0, 0.05) is 0 Å². The number of hydrogen-bond acceptors (Lipinski definition) is 3. The fourth-order valence-electron chi connectivity index (χ4n) is 2.44. The minimum Gasteiger partial charge on any atom is -0.477 e. The fraction of sp³-hybridized carbons (Fsp3) is 0.222. The molecule has 0 saturated carbocycles. The monoisotopic (exact) mass is 332 g/mol. The number of hydrogen-bond donors (Lipinski definition) is 0. The maximum absolute atomic E-state index is 12.7. The highest BCUT2D eigenvalue weighted by Gasteiger charge is 2.30. The lowest BCUT2D eigenvalue weighted by Gasteiger charge is -2.10. The van der Waals surface area contributed by atoms with Crippen LogP contribution in [0.3, 0.4) is 0 Å². The molecule has 0 bridgehead atoms. The lowest BCUT2D eigenvalue weighted by Crippen LogP contribution is -2.06. The second-order valence-electron chi connectivity index (χ2n) is 5.35. The van der Waals surface area contributed by atoms with E-state index in [1.54, 1.807) is 6.07 Å². The molecule has 3 rings (SSSR count). The van der Waals surface area contributed by atoms with E-state index >= 15 is 0 Å². The third-order valence-electron chi connectivity index (χ3n) is 3.61. The van der Waals surface area contributed by atoms with Gasteiger partial charge in [-0.05, 0) is 36.6 Å². The Bertz CT molecular complexity index is 828. The van der Waals surface area contributed by atoms with Crippen molar-refractivity contribution in [1.29, 1.82) is 0 Å². The Kier molecular flexibility index (Phi) is 4.64. The lowest BCUT2D eigenvalue weighted by atomic mass is 10.1. The summed E-state index contributed by atoms with van der Waals surface area (Å²) in [5.41, 5.74) is 0.809. The van der Waals surface area contributed by atoms with Gasteiger partial charge in [-0.15, -0.1) is 0 Å². The Hall–Kier alpha value is -2.63. The zero-order valence-electron chi connectivity index (χ0n) is 12.8. The molecule has 0 unspecified atom stereocenters. The van der Waals surface area contributed by atoms with Gasteiger partial charge in [-0.2, -0.15) is 13.2 Å². The second kappa shape index (κ2) is 6.86. The molecule has 0 aliphatic rings. The van der Waals surface area contributed by atoms with Gasteiger partial charge in [0.05, 0.1) is 23.1 Å². The predicted molar refractivity (Wildman–Crippen MR) is 84.8 cm³/mol. The molecule has 1 heterocycles. The molecular formula is C18H15F3N2O. The minimum absolute atomic E-state index is 0.372. The summed E-state index contributed by atoms with van der Waals surface area (Å²) in [6, 6.07) is 12.9. The van der Waals surface area contributed by atoms with Crippen LogP contribution in [0.1, 0.15) is 17.5 Å². The quantitative estimate of drug-likeness (QED) is 0.637. The molecule has 0 spiro atoms. The number of halogens is 3. The van der Waals surface area contributed by atoms with Crippen LogP contribution in [-0.4, -0.2) is 16.6 Å². The van der Waals surface area contributed by atoms with Crippen molar-refractivity contribution in [2.75, 3.05) is 6.61 Å². The van der Waals surface area contributed by atoms with E-state index in [1.165, 1.54) is 18.5 Å². The van der Waals surface area contributed by atoms with Crippen LogP contribution in [0.15, 0.2) is 54.9 Å². The van der Waals surface area contributed by atoms with E-state index in [1.807, 2.05) is 24.3 Å². The average molecular weight is 332 g/mol. The number of rotatable bonds is 5. The summed E-state index contributed by atoms with van der Waals surface area (Å²) in [6.07, 6.45) is -1.77. The van der Waals surface area contributed by atoms with Crippen molar-refractivity contribution < 1.29 is 17.9 Å². The van der Waals surface area contributed by atoms with Gasteiger partial charge in [0.1, 0.15) is 6.33 Å². The van der Waals surface area contributed by atoms with Crippen LogP contribution < -0.4 is 4.74 Å². The zero-order valence-corrected chi connectivity index (χ0v) is 12.8. The second-order valence-corrected chi connectivity index (χ2v) is 5.35. The number of nitrogens with zero attached hydrogens (tertiary/aromatic N) is 2. The number of ether oxygens (including phenoxy) is 1. The highest BCUT2D eigenvalue weighted by Crippen LogP contribution is 2.29. The molecule has 24 heavy (non-hydrogen) atoms. The fourth-order valence-corrected chi connectivity index (χ4v) is 2.44. The average Bonchev–Trinajstić information content (AvgIpc) is 2.58. The van der Waals surface area contributed by atoms with Gasteiger partial charge in [-0.3, -0.25) is 0 Å². The van der Waals surface area contributed by atoms with Crippen molar-refractivity contribution in [3.05, 3.63) is 66.0 Å². The Morgan fingerprint density at radius 3 is 2.62 bits per heavy atom. The first-order valence-corrected chi connectivity index (χ1v) is 7.53. The van der Waals surface area contributed by atoms with Gasteiger partial charge in [-0.25, -0.2) is 9.97 Å². The first-order valence-electron chi connectivity index (χ1n) is 7.53. The summed E-state index contributed by atoms with van der Waals surface area (Å²) in [6.45, 7) is 0.372. The van der Waals surface area contributed by atoms with Crippen LogP contribution in [0.4, 0.5) is 13.2 Å². The predicted octanol–water partition coefficient (Wildman–Crippen LogP) is 4.66. The lowest BCUT2D eigenvalue weighted by molar-refractivity contribution is -0.137. The number of para-hydroxylation sites is 1. The molecule has 2 aromatic carbocycles. The third-order valence-corrected chi connectivity index (χ3v) is 3.61. The number of aromatic nitrogens is 2. The third kappa shape index (κ3) is 3.82. The molecule has 124 valence electrons. The van der Waals surface area contributed by atoms with E-state index in [-0.39, 0.29) is 0 Å². The topological polar surface area (TPSA) is 35.0 Å². The molecule has 3 nitrogen and oxygen atoms in total. The van der Waals surface area contributed by atoms with Crippen LogP contribution in [0.25, 0.3) is 10.9 Å². The van der Waals surface area contributed by atoms with Crippen molar-refractivity contribution in [3.63, 3.8) is 0 Å². The molecule has 3 aromatic rings. The van der Waals surface area contributed by atoms with E-state index in [9.17, 15) is 13.2 Å². The summed E-state index contributed by atoms with van der Waals surface area (Å²) >= 11 is 0. The summed E-state index contributed by atoms with van der Waals surface area (Å²) < 4.78 is 43.7. The van der Waals surface area contributed by atoms with Crippen LogP contribution in [0.2, 0.25) is 0 Å². The Morgan fingerprint density at radius 1 is 0.958 bits per heavy atom. The standard InChI is InChI=1S/C18H15F3N2O/c19-18(20,21)14-7-3-5-13(11-14)6-4-10-24-17-15-8-1-2-9-16(15)22-12-23-17/h1-3,5,7-9,11-12H,4,6,10H2. The van der Waals surface area contributed by atoms with Gasteiger partial charge in [-0.1, -0.05) is 30.3 Å². The van der Waals surface area contributed by atoms with E-state index in [2.05, 4.69) is 9.97 Å². The van der Waals surface area contributed by atoms with Crippen LogP contribution >= 0.6 is 0 Å². The number of benzene rings is 2. The first-order chi connectivity index (χ1) is 11.5. The molecule has 1 aromatic heterocycles. The van der Waals surface area contributed by atoms with Crippen molar-refractivity contribution in [1.82, 2.24) is 9.97 Å². The molecule has 6 heteroatoms. The van der Waals surface area contributed by atoms with Crippen LogP contribution in [0, 0.1) is 0 Å². The molecule has 0 radical (unpaired) electrons. The Morgan fingerprint density at radius 2 is 1.79 bits per heavy atom. The number of alkyl halides is 3. The largest absolute Gasteiger partial charge is 0.477 e. The van der Waals surface area contributed by atoms with E-state index in [4.69, 9.17) is 4.74 Å². The SMILES string of the molecule is FC(F)(F)c1cccc(CCCOc2ncnc3ccccc23)c1. The smallest absolute Gasteiger partial charge is 0.416 e. The summed E-state index contributed by atoms with van der Waals surface area (Å²) in [7, 11) is 0. The highest BCUT2D eigenvalue weighted by atomic mass is 19.4. The van der Waals surface area contributed by atoms with Crippen LogP contribution in [-0.2, 0) is 12.6 Å². The summed E-state index contributed by atoms with van der Waals surface area (Å²) in [4.78, 5) is 8.27. The Labute approximate surface area is 137 Å². The number of fused-ring (bicyclic) bond motifs is 1. The molecular weight excluding hydrogens is 317 g/mol. The molecule has 0 saturated heterocycles.